The maximum Gasteiger partial charge on any atom is 0.164 e. The number of Topliss-reactive ketones (excluding diaryl/α,β-unsaturated/α-hetero) is 1. The van der Waals surface area contributed by atoms with Crippen LogP contribution in [-0.2, 0) is 16.0 Å². The average molecular weight is 232 g/mol. The summed E-state index contributed by atoms with van der Waals surface area (Å²) in [6.45, 7) is 0. The number of aryl methyl sites for hydroxylation is 1. The van der Waals surface area contributed by atoms with Gasteiger partial charge < -0.3 is 4.74 Å². The van der Waals surface area contributed by atoms with E-state index in [-0.39, 0.29) is 0 Å². The van der Waals surface area contributed by atoms with E-state index in [4.69, 9.17) is 4.74 Å². The Morgan fingerprint density at radius 1 is 1.29 bits per heavy atom. The molecule has 0 aliphatic heterocycles. The molecule has 2 nitrogen and oxygen atoms in total. The zero-order chi connectivity index (χ0) is 12.1. The number of hydrogen-bond donors (Lipinski definition) is 0. The predicted octanol–water partition coefficient (Wildman–Crippen LogP) is 3.15. The molecule has 0 spiro atoms. The normalized spacial score (nSPS) is 17.5. The second-order valence-corrected chi connectivity index (χ2v) is 4.81. The van der Waals surface area contributed by atoms with Crippen LogP contribution in [0, 0.1) is 0 Å². The van der Waals surface area contributed by atoms with Gasteiger partial charge in [-0.15, -0.1) is 0 Å². The summed E-state index contributed by atoms with van der Waals surface area (Å²) < 4.78 is 5.39. The van der Waals surface area contributed by atoms with Crippen LogP contribution in [0.5, 0.6) is 0 Å². The molecule has 1 aliphatic rings. The van der Waals surface area contributed by atoms with Gasteiger partial charge in [0.25, 0.3) is 0 Å². The molecule has 0 bridgehead atoms. The van der Waals surface area contributed by atoms with E-state index in [1.807, 2.05) is 18.2 Å². The van der Waals surface area contributed by atoms with Gasteiger partial charge in [0, 0.05) is 13.5 Å². The molecule has 1 aromatic rings. The van der Waals surface area contributed by atoms with Crippen LogP contribution in [0.1, 0.15) is 37.7 Å². The summed E-state index contributed by atoms with van der Waals surface area (Å²) in [4.78, 5) is 12.0. The summed E-state index contributed by atoms with van der Waals surface area (Å²) in [6.07, 6.45) is 5.49. The summed E-state index contributed by atoms with van der Waals surface area (Å²) in [6, 6.07) is 10.3. The first-order valence-corrected chi connectivity index (χ1v) is 6.39. The molecule has 17 heavy (non-hydrogen) atoms. The predicted molar refractivity (Wildman–Crippen MR) is 68.0 cm³/mol. The topological polar surface area (TPSA) is 26.3 Å². The second kappa shape index (κ2) is 5.46. The van der Waals surface area contributed by atoms with E-state index in [1.54, 1.807) is 7.11 Å². The van der Waals surface area contributed by atoms with Gasteiger partial charge in [0.1, 0.15) is 5.60 Å². The molecule has 0 radical (unpaired) electrons. The summed E-state index contributed by atoms with van der Waals surface area (Å²) in [7, 11) is 1.66. The first kappa shape index (κ1) is 12.3. The Balaban J connectivity index is 1.77. The molecule has 0 N–H and O–H groups in total. The molecule has 1 saturated carbocycles. The molecule has 1 aliphatic carbocycles. The van der Waals surface area contributed by atoms with Gasteiger partial charge in [0.15, 0.2) is 5.78 Å². The van der Waals surface area contributed by atoms with Crippen molar-refractivity contribution in [3.05, 3.63) is 35.9 Å². The lowest BCUT2D eigenvalue weighted by Crippen LogP contribution is -2.46. The molecule has 0 saturated heterocycles. The number of carbonyl (C=O) groups excluding carboxylic acids is 1. The van der Waals surface area contributed by atoms with Crippen molar-refractivity contribution in [1.29, 1.82) is 0 Å². The minimum absolute atomic E-state index is 0.294. The number of ketones is 1. The van der Waals surface area contributed by atoms with Gasteiger partial charge in [-0.1, -0.05) is 30.3 Å². The van der Waals surface area contributed by atoms with Crippen LogP contribution in [0.4, 0.5) is 0 Å². The highest BCUT2D eigenvalue weighted by molar-refractivity contribution is 5.88. The Morgan fingerprint density at radius 3 is 2.53 bits per heavy atom. The molecule has 0 aromatic heterocycles. The van der Waals surface area contributed by atoms with Gasteiger partial charge in [0.05, 0.1) is 0 Å². The van der Waals surface area contributed by atoms with Crippen molar-refractivity contribution in [3.8, 4) is 0 Å². The fourth-order valence-electron chi connectivity index (χ4n) is 2.42. The van der Waals surface area contributed by atoms with Crippen molar-refractivity contribution in [2.75, 3.05) is 7.11 Å². The average Bonchev–Trinajstić information content (AvgIpc) is 2.30. The molecular formula is C15H20O2. The number of methoxy groups -OCH3 is 1. The highest BCUT2D eigenvalue weighted by Gasteiger charge is 2.43. The standard InChI is InChI=1S/C15H20O2/c1-17-15(11-6-12-15)14(16)10-5-9-13-7-3-2-4-8-13/h2-4,7-8H,5-6,9-12H2,1H3. The lowest BCUT2D eigenvalue weighted by atomic mass is 9.75. The van der Waals surface area contributed by atoms with Crippen molar-refractivity contribution < 1.29 is 9.53 Å². The zero-order valence-corrected chi connectivity index (χ0v) is 10.4. The third kappa shape index (κ3) is 2.75. The van der Waals surface area contributed by atoms with Crippen molar-refractivity contribution in [2.45, 2.75) is 44.1 Å². The maximum absolute atomic E-state index is 12.0. The Kier molecular flexibility index (Phi) is 3.95. The van der Waals surface area contributed by atoms with Crippen LogP contribution in [0.15, 0.2) is 30.3 Å². The number of ether oxygens (including phenoxy) is 1. The number of carbonyl (C=O) groups is 1. The van der Waals surface area contributed by atoms with Crippen LogP contribution in [0.3, 0.4) is 0 Å². The largest absolute Gasteiger partial charge is 0.370 e. The SMILES string of the molecule is COC1(C(=O)CCCc2ccccc2)CCC1. The van der Waals surface area contributed by atoms with Gasteiger partial charge >= 0.3 is 0 Å². The highest BCUT2D eigenvalue weighted by Crippen LogP contribution is 2.37. The molecule has 0 heterocycles. The van der Waals surface area contributed by atoms with Gasteiger partial charge in [-0.25, -0.2) is 0 Å². The number of benzene rings is 1. The van der Waals surface area contributed by atoms with Crippen LogP contribution < -0.4 is 0 Å². The van der Waals surface area contributed by atoms with E-state index in [1.165, 1.54) is 5.56 Å². The molecule has 1 aromatic carbocycles. The van der Waals surface area contributed by atoms with Crippen LogP contribution in [0.25, 0.3) is 0 Å². The quantitative estimate of drug-likeness (QED) is 0.753. The molecule has 2 heteroatoms. The highest BCUT2D eigenvalue weighted by atomic mass is 16.5. The van der Waals surface area contributed by atoms with E-state index in [0.29, 0.717) is 12.2 Å². The van der Waals surface area contributed by atoms with E-state index in [2.05, 4.69) is 12.1 Å². The fraction of sp³-hybridized carbons (Fsp3) is 0.533. The van der Waals surface area contributed by atoms with Crippen LogP contribution >= 0.6 is 0 Å². The summed E-state index contributed by atoms with van der Waals surface area (Å²) in [5, 5.41) is 0. The van der Waals surface area contributed by atoms with E-state index in [0.717, 1.165) is 32.1 Å². The number of rotatable bonds is 6. The van der Waals surface area contributed by atoms with Crippen molar-refractivity contribution in [2.24, 2.45) is 0 Å². The molecule has 0 unspecified atom stereocenters. The molecule has 0 amide bonds. The van der Waals surface area contributed by atoms with E-state index < -0.39 is 5.60 Å². The molecule has 0 atom stereocenters. The first-order valence-electron chi connectivity index (χ1n) is 6.39. The minimum atomic E-state index is -0.420. The maximum atomic E-state index is 12.0. The summed E-state index contributed by atoms with van der Waals surface area (Å²) in [5.74, 6) is 0.294. The summed E-state index contributed by atoms with van der Waals surface area (Å²) in [5.41, 5.74) is 0.886. The zero-order valence-electron chi connectivity index (χ0n) is 10.4. The third-order valence-electron chi connectivity index (χ3n) is 3.77. The summed E-state index contributed by atoms with van der Waals surface area (Å²) >= 11 is 0. The minimum Gasteiger partial charge on any atom is -0.370 e. The Hall–Kier alpha value is -1.15. The lowest BCUT2D eigenvalue weighted by Gasteiger charge is -2.38. The molecular weight excluding hydrogens is 212 g/mol. The van der Waals surface area contributed by atoms with Crippen molar-refractivity contribution >= 4 is 5.78 Å². The van der Waals surface area contributed by atoms with Crippen LogP contribution in [0.2, 0.25) is 0 Å². The number of hydrogen-bond acceptors (Lipinski definition) is 2. The van der Waals surface area contributed by atoms with Crippen molar-refractivity contribution in [3.63, 3.8) is 0 Å². The van der Waals surface area contributed by atoms with E-state index in [9.17, 15) is 4.79 Å². The van der Waals surface area contributed by atoms with Gasteiger partial charge in [-0.2, -0.15) is 0 Å². The smallest absolute Gasteiger partial charge is 0.164 e. The fourth-order valence-corrected chi connectivity index (χ4v) is 2.42. The Bertz CT molecular complexity index is 360. The first-order chi connectivity index (χ1) is 8.27. The van der Waals surface area contributed by atoms with E-state index >= 15 is 0 Å². The van der Waals surface area contributed by atoms with Gasteiger partial charge in [0.2, 0.25) is 0 Å². The Labute approximate surface area is 103 Å². The van der Waals surface area contributed by atoms with Gasteiger partial charge in [-0.3, -0.25) is 4.79 Å². The molecule has 92 valence electrons. The van der Waals surface area contributed by atoms with Gasteiger partial charge in [-0.05, 0) is 37.7 Å². The lowest BCUT2D eigenvalue weighted by molar-refractivity contribution is -0.151. The monoisotopic (exact) mass is 232 g/mol. The molecule has 2 rings (SSSR count). The second-order valence-electron chi connectivity index (χ2n) is 4.81. The molecule has 1 fully saturated rings. The van der Waals surface area contributed by atoms with Crippen molar-refractivity contribution in [1.82, 2.24) is 0 Å². The third-order valence-corrected chi connectivity index (χ3v) is 3.77. The Morgan fingerprint density at radius 2 is 2.00 bits per heavy atom. The van der Waals surface area contributed by atoms with Crippen LogP contribution in [-0.4, -0.2) is 18.5 Å².